The summed E-state index contributed by atoms with van der Waals surface area (Å²) in [7, 11) is 2.84. The van der Waals surface area contributed by atoms with E-state index in [0.717, 1.165) is 35.7 Å². The van der Waals surface area contributed by atoms with Gasteiger partial charge < -0.3 is 19.1 Å². The number of hydrogen-bond acceptors (Lipinski definition) is 5. The fraction of sp³-hybridized carbons (Fsp3) is 0.240. The minimum Gasteiger partial charge on any atom is -0.503 e. The molecule has 5 nitrogen and oxygen atoms in total. The lowest BCUT2D eigenvalue weighted by atomic mass is 10.0. The summed E-state index contributed by atoms with van der Waals surface area (Å²) >= 11 is 0. The third kappa shape index (κ3) is 5.77. The molecule has 0 heterocycles. The van der Waals surface area contributed by atoms with E-state index in [1.54, 1.807) is 0 Å². The summed E-state index contributed by atoms with van der Waals surface area (Å²) in [5.41, 5.74) is 4.01. The van der Waals surface area contributed by atoms with Crippen LogP contribution in [0.3, 0.4) is 0 Å². The summed E-state index contributed by atoms with van der Waals surface area (Å²) < 4.78 is 16.0. The maximum Gasteiger partial charge on any atom is 0.341 e. The minimum absolute atomic E-state index is 0.303. The number of nitrogens with zero attached hydrogens (tertiary/aromatic N) is 1. The van der Waals surface area contributed by atoms with Gasteiger partial charge in [0, 0.05) is 18.8 Å². The predicted octanol–water partition coefficient (Wildman–Crippen LogP) is 4.91. The third-order valence-electron chi connectivity index (χ3n) is 4.55. The van der Waals surface area contributed by atoms with Gasteiger partial charge in [0.1, 0.15) is 17.9 Å². The quantitative estimate of drug-likeness (QED) is 0.229. The Kier molecular flexibility index (Phi) is 8.75. The van der Waals surface area contributed by atoms with Crippen LogP contribution >= 0.6 is 0 Å². The second-order valence-electron chi connectivity index (χ2n) is 6.64. The van der Waals surface area contributed by atoms with Crippen molar-refractivity contribution in [3.05, 3.63) is 90.7 Å². The van der Waals surface area contributed by atoms with Gasteiger partial charge in [0.15, 0.2) is 0 Å². The molecule has 0 saturated heterocycles. The smallest absolute Gasteiger partial charge is 0.341 e. The van der Waals surface area contributed by atoms with Gasteiger partial charge in [0.25, 0.3) is 0 Å². The van der Waals surface area contributed by atoms with Crippen LogP contribution in [0.1, 0.15) is 16.7 Å². The average Bonchev–Trinajstić information content (AvgIpc) is 2.76. The fourth-order valence-corrected chi connectivity index (χ4v) is 3.10. The van der Waals surface area contributed by atoms with E-state index in [1.807, 2.05) is 55.5 Å². The van der Waals surface area contributed by atoms with E-state index in [9.17, 15) is 4.79 Å². The Hall–Kier alpha value is -3.47. The summed E-state index contributed by atoms with van der Waals surface area (Å²) in [6.07, 6.45) is 5.12. The molecule has 0 unspecified atom stereocenters. The van der Waals surface area contributed by atoms with Crippen LogP contribution in [-0.2, 0) is 20.9 Å². The molecule has 0 N–H and O–H groups in total. The molecule has 0 aromatic heterocycles. The summed E-state index contributed by atoms with van der Waals surface area (Å²) in [5, 5.41) is 0. The molecule has 0 spiro atoms. The van der Waals surface area contributed by atoms with Crippen LogP contribution in [-0.4, -0.2) is 33.3 Å². The highest BCUT2D eigenvalue weighted by Crippen LogP contribution is 2.27. The molecule has 0 atom stereocenters. The Morgan fingerprint density at radius 3 is 2.37 bits per heavy atom. The van der Waals surface area contributed by atoms with E-state index in [4.69, 9.17) is 14.2 Å². The van der Waals surface area contributed by atoms with Crippen LogP contribution in [0.15, 0.2) is 74.0 Å². The van der Waals surface area contributed by atoms with Crippen molar-refractivity contribution in [3.63, 3.8) is 0 Å². The number of ether oxygens (including phenoxy) is 3. The predicted molar refractivity (Wildman–Crippen MR) is 122 cm³/mol. The zero-order chi connectivity index (χ0) is 21.9. The number of aryl methyl sites for hydroxylation is 1. The van der Waals surface area contributed by atoms with Gasteiger partial charge in [-0.05, 0) is 41.8 Å². The standard InChI is InChI=1S/C25H29NO4/c1-6-14-26(15-7-2)21-12-13-24(19(3)16-21)30-17-20-10-8-9-11-22(20)23(18-28-4)25(27)29-5/h6-13,16,18H,1-2,14-15,17H2,3-5H3/b23-18+. The van der Waals surface area contributed by atoms with Gasteiger partial charge in [-0.25, -0.2) is 4.79 Å². The monoisotopic (exact) mass is 407 g/mol. The lowest BCUT2D eigenvalue weighted by molar-refractivity contribution is -0.133. The van der Waals surface area contributed by atoms with Crippen LogP contribution in [0.2, 0.25) is 0 Å². The van der Waals surface area contributed by atoms with E-state index in [2.05, 4.69) is 24.1 Å². The first-order chi connectivity index (χ1) is 14.5. The second kappa shape index (κ2) is 11.5. The second-order valence-corrected chi connectivity index (χ2v) is 6.64. The van der Waals surface area contributed by atoms with Crippen molar-refractivity contribution in [1.29, 1.82) is 0 Å². The molecule has 0 aliphatic heterocycles. The van der Waals surface area contributed by atoms with Crippen molar-refractivity contribution >= 4 is 17.2 Å². The van der Waals surface area contributed by atoms with E-state index in [1.165, 1.54) is 20.5 Å². The van der Waals surface area contributed by atoms with Crippen molar-refractivity contribution in [3.8, 4) is 5.75 Å². The Morgan fingerprint density at radius 1 is 1.07 bits per heavy atom. The van der Waals surface area contributed by atoms with E-state index < -0.39 is 5.97 Å². The number of esters is 1. The first-order valence-electron chi connectivity index (χ1n) is 9.65. The summed E-state index contributed by atoms with van der Waals surface area (Å²) in [4.78, 5) is 14.3. The first kappa shape index (κ1) is 22.8. The molecule has 2 aromatic carbocycles. The van der Waals surface area contributed by atoms with Gasteiger partial charge in [-0.2, -0.15) is 0 Å². The van der Waals surface area contributed by atoms with Gasteiger partial charge in [-0.15, -0.1) is 13.2 Å². The zero-order valence-electron chi connectivity index (χ0n) is 17.9. The number of rotatable bonds is 11. The molecular weight excluding hydrogens is 378 g/mol. The van der Waals surface area contributed by atoms with Crippen LogP contribution in [0.5, 0.6) is 5.75 Å². The van der Waals surface area contributed by atoms with Crippen molar-refractivity contribution in [2.24, 2.45) is 0 Å². The van der Waals surface area contributed by atoms with Crippen LogP contribution in [0.25, 0.3) is 5.57 Å². The molecule has 0 radical (unpaired) electrons. The van der Waals surface area contributed by atoms with Gasteiger partial charge in [0.05, 0.1) is 20.5 Å². The zero-order valence-corrected chi connectivity index (χ0v) is 17.9. The molecule has 0 fully saturated rings. The molecule has 0 saturated carbocycles. The van der Waals surface area contributed by atoms with Gasteiger partial charge in [0.2, 0.25) is 0 Å². The van der Waals surface area contributed by atoms with Crippen molar-refractivity contribution in [1.82, 2.24) is 0 Å². The summed E-state index contributed by atoms with van der Waals surface area (Å²) in [5.74, 6) is 0.315. The average molecular weight is 408 g/mol. The lowest BCUT2D eigenvalue weighted by Crippen LogP contribution is -2.23. The van der Waals surface area contributed by atoms with Crippen LogP contribution in [0.4, 0.5) is 5.69 Å². The third-order valence-corrected chi connectivity index (χ3v) is 4.55. The molecular formula is C25H29NO4. The first-order valence-corrected chi connectivity index (χ1v) is 9.65. The number of carbonyl (C=O) groups excluding carboxylic acids is 1. The van der Waals surface area contributed by atoms with E-state index in [0.29, 0.717) is 17.7 Å². The number of hydrogen-bond donors (Lipinski definition) is 0. The van der Waals surface area contributed by atoms with Crippen LogP contribution < -0.4 is 9.64 Å². The maximum absolute atomic E-state index is 12.2. The number of anilines is 1. The summed E-state index contributed by atoms with van der Waals surface area (Å²) in [6, 6.07) is 13.6. The number of benzene rings is 2. The molecule has 158 valence electrons. The number of methoxy groups -OCH3 is 2. The molecule has 2 aromatic rings. The maximum atomic E-state index is 12.2. The van der Waals surface area contributed by atoms with E-state index in [-0.39, 0.29) is 0 Å². The van der Waals surface area contributed by atoms with Crippen LogP contribution in [0, 0.1) is 6.92 Å². The van der Waals surface area contributed by atoms with Crippen molar-refractivity contribution in [2.45, 2.75) is 13.5 Å². The van der Waals surface area contributed by atoms with E-state index >= 15 is 0 Å². The topological polar surface area (TPSA) is 48.0 Å². The van der Waals surface area contributed by atoms with Crippen molar-refractivity contribution < 1.29 is 19.0 Å². The van der Waals surface area contributed by atoms with Gasteiger partial charge in [-0.1, -0.05) is 36.4 Å². The Morgan fingerprint density at radius 2 is 1.77 bits per heavy atom. The number of carbonyl (C=O) groups is 1. The molecule has 5 heteroatoms. The highest BCUT2D eigenvalue weighted by atomic mass is 16.5. The van der Waals surface area contributed by atoms with Gasteiger partial charge in [-0.3, -0.25) is 0 Å². The summed E-state index contributed by atoms with van der Waals surface area (Å²) in [6.45, 7) is 11.4. The Bertz CT molecular complexity index is 907. The molecule has 0 bridgehead atoms. The SMILES string of the molecule is C=CCN(CC=C)c1ccc(OCc2ccccc2/C(=C\OC)C(=O)OC)c(C)c1. The molecule has 0 aliphatic rings. The largest absolute Gasteiger partial charge is 0.503 e. The van der Waals surface area contributed by atoms with Gasteiger partial charge >= 0.3 is 5.97 Å². The Balaban J connectivity index is 2.24. The fourth-order valence-electron chi connectivity index (χ4n) is 3.10. The highest BCUT2D eigenvalue weighted by molar-refractivity contribution is 6.16. The lowest BCUT2D eigenvalue weighted by Gasteiger charge is -2.23. The normalized spacial score (nSPS) is 10.8. The molecule has 0 aliphatic carbocycles. The van der Waals surface area contributed by atoms with Crippen molar-refractivity contribution in [2.75, 3.05) is 32.2 Å². The highest BCUT2D eigenvalue weighted by Gasteiger charge is 2.17. The molecule has 30 heavy (non-hydrogen) atoms. The Labute approximate surface area is 178 Å². The minimum atomic E-state index is -0.464. The molecule has 0 amide bonds. The molecule has 2 rings (SSSR count).